The lowest BCUT2D eigenvalue weighted by Gasteiger charge is -2.26. The van der Waals surface area contributed by atoms with Crippen molar-refractivity contribution >= 4 is 11.6 Å². The van der Waals surface area contributed by atoms with Crippen LogP contribution in [-0.4, -0.2) is 30.1 Å². The normalized spacial score (nSPS) is 14.4. The molecule has 0 amide bonds. The summed E-state index contributed by atoms with van der Waals surface area (Å²) in [5.41, 5.74) is -3.05. The minimum Gasteiger partial charge on any atom is -0.299 e. The summed E-state index contributed by atoms with van der Waals surface area (Å²) in [5.74, 6) is -7.68. The zero-order valence-corrected chi connectivity index (χ0v) is 11.2. The molecule has 0 spiro atoms. The number of hydrogen-bond acceptors (Lipinski definition) is 2. The smallest absolute Gasteiger partial charge is 0.299 e. The molecule has 0 atom stereocenters. The van der Waals surface area contributed by atoms with E-state index >= 15 is 0 Å². The molecule has 11 heteroatoms. The minimum atomic E-state index is -5.80. The fraction of sp³-hybridized carbons (Fsp3) is 0.818. The second-order valence-corrected chi connectivity index (χ2v) is 5.10. The molecule has 0 aromatic rings. The number of hydrogen-bond donors (Lipinski definition) is 0. The average molecular weight is 346 g/mol. The van der Waals surface area contributed by atoms with Crippen molar-refractivity contribution in [3.63, 3.8) is 0 Å². The first-order chi connectivity index (χ1) is 9.40. The molecule has 130 valence electrons. The number of carbonyl (C=O) groups excluding carboxylic acids is 2. The van der Waals surface area contributed by atoms with Crippen molar-refractivity contribution in [2.75, 3.05) is 0 Å². The van der Waals surface area contributed by atoms with E-state index in [0.717, 1.165) is 0 Å². The summed E-state index contributed by atoms with van der Waals surface area (Å²) in [6.45, 7) is 0.765. The first kappa shape index (κ1) is 20.7. The van der Waals surface area contributed by atoms with Crippen molar-refractivity contribution < 1.29 is 49.1 Å². The zero-order valence-electron chi connectivity index (χ0n) is 11.2. The van der Waals surface area contributed by atoms with Crippen LogP contribution in [0.1, 0.15) is 26.7 Å². The van der Waals surface area contributed by atoms with Crippen LogP contribution in [0, 0.1) is 11.3 Å². The lowest BCUT2D eigenvalue weighted by atomic mass is 9.83. The standard InChI is InChI=1S/C11H11F9O2/c1-8(2,11(18,19)20)7(22)4-5(21)3-6(9(12,13)14)10(15,16)17/h6H,3-4H2,1-2H3. The summed E-state index contributed by atoms with van der Waals surface area (Å²) in [7, 11) is 0. The van der Waals surface area contributed by atoms with E-state index in [2.05, 4.69) is 0 Å². The molecule has 0 aliphatic rings. The second kappa shape index (κ2) is 6.07. The molecular formula is C11H11F9O2. The Hall–Kier alpha value is -1.29. The highest BCUT2D eigenvalue weighted by Crippen LogP contribution is 2.42. The lowest BCUT2D eigenvalue weighted by molar-refractivity contribution is -0.284. The quantitative estimate of drug-likeness (QED) is 0.551. The van der Waals surface area contributed by atoms with Crippen LogP contribution in [0.3, 0.4) is 0 Å². The lowest BCUT2D eigenvalue weighted by Crippen LogP contribution is -2.42. The molecule has 2 nitrogen and oxygen atoms in total. The predicted molar refractivity (Wildman–Crippen MR) is 54.7 cm³/mol. The monoisotopic (exact) mass is 346 g/mol. The van der Waals surface area contributed by atoms with Crippen molar-refractivity contribution in [2.45, 2.75) is 45.2 Å². The van der Waals surface area contributed by atoms with Crippen molar-refractivity contribution in [1.29, 1.82) is 0 Å². The first-order valence-corrected chi connectivity index (χ1v) is 5.66. The van der Waals surface area contributed by atoms with Gasteiger partial charge in [-0.15, -0.1) is 0 Å². The Balaban J connectivity index is 5.06. The van der Waals surface area contributed by atoms with Gasteiger partial charge in [0.05, 0.1) is 6.42 Å². The van der Waals surface area contributed by atoms with Gasteiger partial charge in [-0.1, -0.05) is 0 Å². The molecule has 0 saturated carbocycles. The molecule has 0 aliphatic heterocycles. The van der Waals surface area contributed by atoms with Gasteiger partial charge in [-0.25, -0.2) is 0 Å². The van der Waals surface area contributed by atoms with Crippen LogP contribution in [0.5, 0.6) is 0 Å². The largest absolute Gasteiger partial charge is 0.400 e. The molecule has 0 fully saturated rings. The van der Waals surface area contributed by atoms with Crippen molar-refractivity contribution in [2.24, 2.45) is 11.3 Å². The number of alkyl halides is 9. The van der Waals surface area contributed by atoms with Crippen LogP contribution in [0.25, 0.3) is 0 Å². The molecule has 0 aromatic carbocycles. The highest BCUT2D eigenvalue weighted by atomic mass is 19.4. The Morgan fingerprint density at radius 2 is 1.18 bits per heavy atom. The SMILES string of the molecule is CC(C)(C(=O)CC(=O)CC(C(F)(F)F)C(F)(F)F)C(F)(F)F. The van der Waals surface area contributed by atoms with E-state index in [1.54, 1.807) is 0 Å². The van der Waals surface area contributed by atoms with Crippen LogP contribution >= 0.6 is 0 Å². The highest BCUT2D eigenvalue weighted by molar-refractivity contribution is 6.01. The van der Waals surface area contributed by atoms with Gasteiger partial charge in [0.2, 0.25) is 0 Å². The van der Waals surface area contributed by atoms with Crippen LogP contribution in [0.15, 0.2) is 0 Å². The van der Waals surface area contributed by atoms with E-state index in [9.17, 15) is 49.1 Å². The van der Waals surface area contributed by atoms with Crippen molar-refractivity contribution in [1.82, 2.24) is 0 Å². The molecule has 0 radical (unpaired) electrons. The van der Waals surface area contributed by atoms with E-state index in [4.69, 9.17) is 0 Å². The summed E-state index contributed by atoms with van der Waals surface area (Å²) in [5, 5.41) is 0. The Labute approximate surface area is 118 Å². The Bertz CT molecular complexity index is 414. The van der Waals surface area contributed by atoms with Gasteiger partial charge in [-0.05, 0) is 13.8 Å². The molecule has 0 rings (SSSR count). The maximum absolute atomic E-state index is 12.5. The third kappa shape index (κ3) is 5.16. The third-order valence-corrected chi connectivity index (χ3v) is 2.99. The van der Waals surface area contributed by atoms with E-state index in [-0.39, 0.29) is 0 Å². The molecule has 0 aromatic heterocycles. The number of halogens is 9. The van der Waals surface area contributed by atoms with E-state index in [1.807, 2.05) is 0 Å². The summed E-state index contributed by atoms with van der Waals surface area (Å²) in [4.78, 5) is 22.4. The summed E-state index contributed by atoms with van der Waals surface area (Å²) >= 11 is 0. The van der Waals surface area contributed by atoms with E-state index < -0.39 is 54.3 Å². The first-order valence-electron chi connectivity index (χ1n) is 5.66. The Morgan fingerprint density at radius 1 is 0.818 bits per heavy atom. The highest BCUT2D eigenvalue weighted by Gasteiger charge is 2.58. The minimum absolute atomic E-state index is 0.383. The molecule has 0 aliphatic carbocycles. The second-order valence-electron chi connectivity index (χ2n) is 5.10. The number of carbonyl (C=O) groups is 2. The van der Waals surface area contributed by atoms with Gasteiger partial charge < -0.3 is 0 Å². The van der Waals surface area contributed by atoms with Gasteiger partial charge >= 0.3 is 18.5 Å². The number of ketones is 2. The molecule has 22 heavy (non-hydrogen) atoms. The molecule has 0 unspecified atom stereocenters. The summed E-state index contributed by atoms with van der Waals surface area (Å²) in [6, 6.07) is 0. The van der Waals surface area contributed by atoms with Crippen LogP contribution < -0.4 is 0 Å². The third-order valence-electron chi connectivity index (χ3n) is 2.99. The van der Waals surface area contributed by atoms with Crippen molar-refractivity contribution in [3.05, 3.63) is 0 Å². The van der Waals surface area contributed by atoms with Gasteiger partial charge in [0, 0.05) is 6.42 Å². The molecular weight excluding hydrogens is 335 g/mol. The number of Topliss-reactive ketones (excluding diaryl/α,β-unsaturated/α-hetero) is 2. The van der Waals surface area contributed by atoms with Crippen LogP contribution in [-0.2, 0) is 9.59 Å². The van der Waals surface area contributed by atoms with Gasteiger partial charge in [0.1, 0.15) is 11.2 Å². The van der Waals surface area contributed by atoms with E-state index in [0.29, 0.717) is 13.8 Å². The fourth-order valence-electron chi connectivity index (χ4n) is 1.28. The topological polar surface area (TPSA) is 34.1 Å². The molecule has 0 saturated heterocycles. The van der Waals surface area contributed by atoms with Gasteiger partial charge in [-0.2, -0.15) is 39.5 Å². The van der Waals surface area contributed by atoms with Gasteiger partial charge in [0.25, 0.3) is 0 Å². The summed E-state index contributed by atoms with van der Waals surface area (Å²) < 4.78 is 111. The number of rotatable bonds is 5. The van der Waals surface area contributed by atoms with Crippen LogP contribution in [0.2, 0.25) is 0 Å². The van der Waals surface area contributed by atoms with Gasteiger partial charge in [0.15, 0.2) is 11.7 Å². The predicted octanol–water partition coefficient (Wildman–Crippen LogP) is 4.23. The average Bonchev–Trinajstić information content (AvgIpc) is 2.20. The Morgan fingerprint density at radius 3 is 1.45 bits per heavy atom. The summed E-state index contributed by atoms with van der Waals surface area (Å²) in [6.07, 6.45) is -20.5. The molecule has 0 bridgehead atoms. The zero-order chi connectivity index (χ0) is 18.1. The van der Waals surface area contributed by atoms with Gasteiger partial charge in [-0.3, -0.25) is 9.59 Å². The molecule has 0 heterocycles. The maximum Gasteiger partial charge on any atom is 0.400 e. The maximum atomic E-state index is 12.5. The van der Waals surface area contributed by atoms with Crippen LogP contribution in [0.4, 0.5) is 39.5 Å². The Kier molecular flexibility index (Phi) is 5.72. The fourth-order valence-corrected chi connectivity index (χ4v) is 1.28. The van der Waals surface area contributed by atoms with Crippen molar-refractivity contribution in [3.8, 4) is 0 Å². The van der Waals surface area contributed by atoms with E-state index in [1.165, 1.54) is 0 Å². The molecule has 0 N–H and O–H groups in total.